The molecule has 4 heterocycles. The minimum absolute atomic E-state index is 0.177. The number of benzene rings is 1. The van der Waals surface area contributed by atoms with Gasteiger partial charge in [-0.1, -0.05) is 18.2 Å². The summed E-state index contributed by atoms with van der Waals surface area (Å²) in [6, 6.07) is 11.4. The van der Waals surface area contributed by atoms with Crippen LogP contribution < -0.4 is 11.3 Å². The van der Waals surface area contributed by atoms with Crippen LogP contribution in [-0.4, -0.2) is 28.0 Å². The van der Waals surface area contributed by atoms with E-state index in [1.165, 1.54) is 0 Å². The van der Waals surface area contributed by atoms with Crippen LogP contribution in [-0.2, 0) is 35.8 Å². The van der Waals surface area contributed by atoms with Gasteiger partial charge in [-0.3, -0.25) is 9.59 Å². The number of para-hydroxylation sites is 1. The Bertz CT molecular complexity index is 1290. The number of halogens is 1. The van der Waals surface area contributed by atoms with E-state index < -0.39 is 22.1 Å². The van der Waals surface area contributed by atoms with Crippen molar-refractivity contribution in [1.29, 1.82) is 0 Å². The normalized spacial score (nSPS) is 19.3. The summed E-state index contributed by atoms with van der Waals surface area (Å²) in [6.07, 6.45) is 0. The van der Waals surface area contributed by atoms with Crippen LogP contribution in [0.2, 0.25) is 0 Å². The number of nitrogens with two attached hydrogens (primary N) is 1. The Morgan fingerprint density at radius 2 is 2.10 bits per heavy atom. The summed E-state index contributed by atoms with van der Waals surface area (Å²) in [7, 11) is 0. The molecule has 146 valence electrons. The number of pyridine rings is 2. The van der Waals surface area contributed by atoms with Gasteiger partial charge < -0.3 is 19.8 Å². The van der Waals surface area contributed by atoms with Crippen LogP contribution in [0.15, 0.2) is 41.2 Å². The van der Waals surface area contributed by atoms with Gasteiger partial charge in [0.1, 0.15) is 6.61 Å². The molecule has 8 nitrogen and oxygen atoms in total. The first-order valence-electron chi connectivity index (χ1n) is 8.86. The molecule has 0 unspecified atom stereocenters. The van der Waals surface area contributed by atoms with E-state index in [0.717, 1.165) is 16.5 Å². The van der Waals surface area contributed by atoms with Crippen molar-refractivity contribution in [3.8, 4) is 11.4 Å². The van der Waals surface area contributed by atoms with Crippen molar-refractivity contribution < 1.29 is 19.1 Å². The van der Waals surface area contributed by atoms with Gasteiger partial charge in [0.15, 0.2) is 0 Å². The van der Waals surface area contributed by atoms with E-state index in [1.807, 2.05) is 30.3 Å². The van der Waals surface area contributed by atoms with Gasteiger partial charge in [0.25, 0.3) is 9.17 Å². The van der Waals surface area contributed by atoms with Crippen molar-refractivity contribution in [3.63, 3.8) is 0 Å². The lowest BCUT2D eigenvalue weighted by molar-refractivity contribution is -0.173. The van der Waals surface area contributed by atoms with Gasteiger partial charge in [-0.2, -0.15) is 0 Å². The molecule has 1 aromatic carbocycles. The lowest BCUT2D eigenvalue weighted by Gasteiger charge is -2.31. The van der Waals surface area contributed by atoms with Crippen LogP contribution in [0, 0.1) is 0 Å². The predicted molar refractivity (Wildman–Crippen MR) is 111 cm³/mol. The van der Waals surface area contributed by atoms with Gasteiger partial charge in [0.2, 0.25) is 0 Å². The van der Waals surface area contributed by atoms with Gasteiger partial charge in [0, 0.05) is 16.5 Å². The molecule has 0 saturated carbocycles. The largest absolute Gasteiger partial charge is 0.457 e. The molecule has 0 spiro atoms. The van der Waals surface area contributed by atoms with Crippen molar-refractivity contribution in [3.05, 3.63) is 63.4 Å². The molecule has 2 aliphatic heterocycles. The third-order valence-electron chi connectivity index (χ3n) is 5.15. The summed E-state index contributed by atoms with van der Waals surface area (Å²) < 4.78 is 10.3. The predicted octanol–water partition coefficient (Wildman–Crippen LogP) is 1.57. The number of fused-ring (bicyclic) bond motifs is 5. The van der Waals surface area contributed by atoms with Crippen LogP contribution in [0.4, 0.5) is 0 Å². The molecule has 2 N–H and O–H groups in total. The summed E-state index contributed by atoms with van der Waals surface area (Å²) in [6.45, 7) is -0.197. The molecule has 5 rings (SSSR count). The average Bonchev–Trinajstić information content (AvgIpc) is 3.07. The number of esters is 2. The van der Waals surface area contributed by atoms with Crippen molar-refractivity contribution in [1.82, 2.24) is 9.55 Å². The number of cyclic esters (lactones) is 1. The Labute approximate surface area is 177 Å². The molecular formula is C20H14IN3O5. The molecule has 0 fully saturated rings. The number of carbonyl (C=O) groups is 2. The van der Waals surface area contributed by atoms with Gasteiger partial charge in [0.05, 0.1) is 35.6 Å². The molecule has 0 bridgehead atoms. The molecule has 0 amide bonds. The third-order valence-corrected chi connectivity index (χ3v) is 6.39. The van der Waals surface area contributed by atoms with Crippen LogP contribution in [0.1, 0.15) is 16.7 Å². The monoisotopic (exact) mass is 503 g/mol. The number of aromatic nitrogens is 2. The van der Waals surface area contributed by atoms with Crippen LogP contribution >= 0.6 is 22.6 Å². The Balaban J connectivity index is 1.75. The quantitative estimate of drug-likeness (QED) is 0.251. The van der Waals surface area contributed by atoms with Crippen molar-refractivity contribution in [2.24, 2.45) is 5.73 Å². The van der Waals surface area contributed by atoms with Gasteiger partial charge in [-0.25, -0.2) is 9.78 Å². The summed E-state index contributed by atoms with van der Waals surface area (Å²) in [5.41, 5.74) is 8.60. The number of alkyl halides is 1. The zero-order valence-corrected chi connectivity index (χ0v) is 17.1. The standard InChI is InChI=1S/C20H14IN3O5/c21-20(29-16(25)7-22)13-6-15-17-11(5-10-3-1-2-4-14(10)23-17)8-24(15)18(26)12(13)9-28-19(20)27/h1-6H,7-9,22H2/t20-/m0/s1. The molecular weight excluding hydrogens is 489 g/mol. The maximum Gasteiger partial charge on any atom is 0.366 e. The number of ether oxygens (including phenoxy) is 2. The van der Waals surface area contributed by atoms with Crippen LogP contribution in [0.25, 0.3) is 22.3 Å². The topological polar surface area (TPSA) is 114 Å². The van der Waals surface area contributed by atoms with E-state index in [9.17, 15) is 14.4 Å². The zero-order chi connectivity index (χ0) is 20.3. The molecule has 1 atom stereocenters. The molecule has 2 aliphatic rings. The number of hydrogen-bond acceptors (Lipinski definition) is 7. The Hall–Kier alpha value is -2.79. The number of nitrogens with zero attached hydrogens (tertiary/aromatic N) is 2. The Morgan fingerprint density at radius 3 is 2.90 bits per heavy atom. The minimum Gasteiger partial charge on any atom is -0.457 e. The fraction of sp³-hybridized carbons (Fsp3) is 0.200. The number of carbonyl (C=O) groups excluding carboxylic acids is 2. The second-order valence-corrected chi connectivity index (χ2v) is 8.37. The minimum atomic E-state index is -1.77. The van der Waals surface area contributed by atoms with E-state index in [4.69, 9.17) is 20.2 Å². The van der Waals surface area contributed by atoms with E-state index >= 15 is 0 Å². The maximum absolute atomic E-state index is 13.2. The first kappa shape index (κ1) is 18.3. The molecule has 29 heavy (non-hydrogen) atoms. The van der Waals surface area contributed by atoms with Gasteiger partial charge >= 0.3 is 11.9 Å². The Kier molecular flexibility index (Phi) is 4.00. The van der Waals surface area contributed by atoms with Gasteiger partial charge in [-0.15, -0.1) is 0 Å². The molecule has 0 radical (unpaired) electrons. The highest BCUT2D eigenvalue weighted by atomic mass is 127. The van der Waals surface area contributed by atoms with Crippen molar-refractivity contribution >= 4 is 45.4 Å². The third kappa shape index (κ3) is 2.60. The van der Waals surface area contributed by atoms with Crippen molar-refractivity contribution in [2.45, 2.75) is 16.8 Å². The summed E-state index contributed by atoms with van der Waals surface area (Å²) in [5, 5.41) is 0.982. The van der Waals surface area contributed by atoms with E-state index in [-0.39, 0.29) is 17.7 Å². The molecule has 0 saturated heterocycles. The average molecular weight is 503 g/mol. The first-order valence-corrected chi connectivity index (χ1v) is 9.94. The SMILES string of the molecule is NCC(=O)O[C@]1(I)C(=O)OCc2c1cc1n(c2=O)Cc2cc3ccccc3nc2-1. The molecule has 0 aliphatic carbocycles. The molecule has 9 heteroatoms. The smallest absolute Gasteiger partial charge is 0.366 e. The number of hydrogen-bond donors (Lipinski definition) is 1. The van der Waals surface area contributed by atoms with Crippen LogP contribution in [0.3, 0.4) is 0 Å². The Morgan fingerprint density at radius 1 is 1.31 bits per heavy atom. The molecule has 3 aromatic rings. The lowest BCUT2D eigenvalue weighted by atomic mass is 10.00. The van der Waals surface area contributed by atoms with E-state index in [2.05, 4.69) is 0 Å². The highest BCUT2D eigenvalue weighted by Crippen LogP contribution is 2.42. The highest BCUT2D eigenvalue weighted by Gasteiger charge is 2.49. The summed E-state index contributed by atoms with van der Waals surface area (Å²) in [5.74, 6) is -1.52. The lowest BCUT2D eigenvalue weighted by Crippen LogP contribution is -2.44. The van der Waals surface area contributed by atoms with E-state index in [1.54, 1.807) is 33.2 Å². The summed E-state index contributed by atoms with van der Waals surface area (Å²) >= 11 is 1.70. The first-order chi connectivity index (χ1) is 13.9. The maximum atomic E-state index is 13.2. The second-order valence-electron chi connectivity index (χ2n) is 6.85. The van der Waals surface area contributed by atoms with E-state index in [0.29, 0.717) is 23.5 Å². The fourth-order valence-corrected chi connectivity index (χ4v) is 4.66. The summed E-state index contributed by atoms with van der Waals surface area (Å²) in [4.78, 5) is 42.3. The molecule has 2 aromatic heterocycles. The highest BCUT2D eigenvalue weighted by molar-refractivity contribution is 14.1. The second kappa shape index (κ2) is 6.36. The van der Waals surface area contributed by atoms with Crippen molar-refractivity contribution in [2.75, 3.05) is 6.54 Å². The zero-order valence-electron chi connectivity index (χ0n) is 15.0. The van der Waals surface area contributed by atoms with Crippen LogP contribution in [0.5, 0.6) is 0 Å². The number of rotatable bonds is 2. The fourth-order valence-electron chi connectivity index (χ4n) is 3.78. The van der Waals surface area contributed by atoms with Gasteiger partial charge in [-0.05, 0) is 40.8 Å².